The summed E-state index contributed by atoms with van der Waals surface area (Å²) in [5.74, 6) is -2.44. The first-order valence-corrected chi connectivity index (χ1v) is 14.2. The summed E-state index contributed by atoms with van der Waals surface area (Å²) >= 11 is 0. The van der Waals surface area contributed by atoms with Crippen LogP contribution in [0.2, 0.25) is 0 Å². The van der Waals surface area contributed by atoms with E-state index in [-0.39, 0.29) is 31.6 Å². The van der Waals surface area contributed by atoms with Gasteiger partial charge in [0, 0.05) is 25.4 Å². The third-order valence-electron chi connectivity index (χ3n) is 8.58. The van der Waals surface area contributed by atoms with Crippen molar-refractivity contribution in [2.24, 2.45) is 11.8 Å². The summed E-state index contributed by atoms with van der Waals surface area (Å²) in [6.45, 7) is 8.33. The quantitative estimate of drug-likeness (QED) is 0.232. The predicted octanol–water partition coefficient (Wildman–Crippen LogP) is 4.02. The normalized spacial score (nSPS) is 26.6. The smallest absolute Gasteiger partial charge is 0.312 e. The second-order valence-corrected chi connectivity index (χ2v) is 10.9. The van der Waals surface area contributed by atoms with E-state index in [1.165, 1.54) is 6.08 Å². The maximum Gasteiger partial charge on any atom is 0.312 e. The van der Waals surface area contributed by atoms with Gasteiger partial charge in [-0.3, -0.25) is 14.4 Å². The Bertz CT molecular complexity index is 1290. The number of rotatable bonds is 13. The Morgan fingerprint density at radius 1 is 1.10 bits per heavy atom. The minimum atomic E-state index is -1.09. The summed E-state index contributed by atoms with van der Waals surface area (Å²) in [5.41, 5.74) is -0.369. The lowest BCUT2D eigenvalue weighted by Gasteiger charge is -2.37. The molecular formula is C32H38N2O6. The Balaban J connectivity index is 1.51. The molecule has 3 heterocycles. The lowest BCUT2D eigenvalue weighted by Crippen LogP contribution is -2.56. The third-order valence-corrected chi connectivity index (χ3v) is 8.58. The molecule has 212 valence electrons. The fraction of sp³-hybridized carbons (Fsp3) is 0.469. The van der Waals surface area contributed by atoms with E-state index in [0.29, 0.717) is 37.9 Å². The van der Waals surface area contributed by atoms with Gasteiger partial charge in [0.25, 0.3) is 5.91 Å². The zero-order valence-corrected chi connectivity index (χ0v) is 22.9. The lowest BCUT2D eigenvalue weighted by atomic mass is 9.70. The summed E-state index contributed by atoms with van der Waals surface area (Å²) in [6, 6.07) is 13.0. The standard InChI is InChI=1S/C32H38N2O6/c1-3-17-33(24-14-13-22-11-7-8-12-23(22)21-24)30(37)28-32-16-15-25(40-32)26(31(38)39-20-4-2)27(32)29(36)34(28)18-9-5-6-10-19-35/h3-4,7-8,11-14,21,25-28,35H,1-2,5-6,9-10,15-20H2/t25-,26+,27+,28?,32?/m1/s1. The third kappa shape index (κ3) is 4.84. The van der Waals surface area contributed by atoms with Crippen molar-refractivity contribution in [2.75, 3.05) is 31.2 Å². The molecule has 0 aromatic heterocycles. The number of nitrogens with zero attached hydrogens (tertiary/aromatic N) is 2. The van der Waals surface area contributed by atoms with Crippen molar-refractivity contribution >= 4 is 34.2 Å². The highest BCUT2D eigenvalue weighted by Crippen LogP contribution is 2.59. The van der Waals surface area contributed by atoms with Crippen LogP contribution in [-0.4, -0.2) is 71.8 Å². The van der Waals surface area contributed by atoms with Crippen LogP contribution in [0.5, 0.6) is 0 Å². The molecule has 2 bridgehead atoms. The van der Waals surface area contributed by atoms with Crippen LogP contribution >= 0.6 is 0 Å². The summed E-state index contributed by atoms with van der Waals surface area (Å²) in [6.07, 6.45) is 6.87. The van der Waals surface area contributed by atoms with Crippen LogP contribution in [0.1, 0.15) is 38.5 Å². The minimum Gasteiger partial charge on any atom is -0.461 e. The monoisotopic (exact) mass is 546 g/mol. The van der Waals surface area contributed by atoms with Crippen LogP contribution in [0.25, 0.3) is 10.8 Å². The summed E-state index contributed by atoms with van der Waals surface area (Å²) in [5, 5.41) is 11.2. The van der Waals surface area contributed by atoms with Crippen LogP contribution in [0.4, 0.5) is 5.69 Å². The van der Waals surface area contributed by atoms with E-state index in [1.54, 1.807) is 15.9 Å². The first-order chi connectivity index (χ1) is 19.5. The number of hydrogen-bond acceptors (Lipinski definition) is 6. The number of likely N-dealkylation sites (tertiary alicyclic amines) is 1. The molecule has 1 spiro atoms. The highest BCUT2D eigenvalue weighted by Gasteiger charge is 2.75. The number of anilines is 1. The van der Waals surface area contributed by atoms with E-state index in [9.17, 15) is 14.4 Å². The molecule has 0 saturated carbocycles. The van der Waals surface area contributed by atoms with E-state index in [1.807, 2.05) is 42.5 Å². The Hall–Kier alpha value is -3.49. The fourth-order valence-corrected chi connectivity index (χ4v) is 6.87. The van der Waals surface area contributed by atoms with E-state index >= 15 is 0 Å². The molecule has 0 aliphatic carbocycles. The van der Waals surface area contributed by atoms with E-state index in [2.05, 4.69) is 13.2 Å². The van der Waals surface area contributed by atoms with Gasteiger partial charge in [-0.1, -0.05) is 61.9 Å². The van der Waals surface area contributed by atoms with E-state index in [4.69, 9.17) is 14.6 Å². The molecule has 0 radical (unpaired) electrons. The average molecular weight is 547 g/mol. The van der Waals surface area contributed by atoms with Crippen molar-refractivity contribution in [2.45, 2.75) is 56.3 Å². The van der Waals surface area contributed by atoms with Crippen LogP contribution in [-0.2, 0) is 23.9 Å². The molecule has 3 aliphatic heterocycles. The molecule has 2 aromatic carbocycles. The first-order valence-electron chi connectivity index (χ1n) is 14.2. The van der Waals surface area contributed by atoms with Crippen molar-refractivity contribution < 1.29 is 29.0 Å². The minimum absolute atomic E-state index is 0.0575. The second kappa shape index (κ2) is 11.9. The molecule has 2 aromatic rings. The molecule has 3 aliphatic rings. The van der Waals surface area contributed by atoms with Crippen LogP contribution in [0.3, 0.4) is 0 Å². The number of carbonyl (C=O) groups excluding carboxylic acids is 3. The zero-order valence-electron chi connectivity index (χ0n) is 22.9. The molecule has 8 nitrogen and oxygen atoms in total. The maximum atomic E-state index is 14.6. The first kappa shape index (κ1) is 28.1. The molecule has 2 amide bonds. The van der Waals surface area contributed by atoms with Gasteiger partial charge in [0.2, 0.25) is 5.91 Å². The Morgan fingerprint density at radius 2 is 1.88 bits per heavy atom. The van der Waals surface area contributed by atoms with Crippen LogP contribution in [0.15, 0.2) is 67.8 Å². The van der Waals surface area contributed by atoms with Gasteiger partial charge in [-0.2, -0.15) is 0 Å². The molecule has 5 atom stereocenters. The maximum absolute atomic E-state index is 14.6. The fourth-order valence-electron chi connectivity index (χ4n) is 6.87. The number of unbranched alkanes of at least 4 members (excludes halogenated alkanes) is 3. The Labute approximate surface area is 235 Å². The number of esters is 1. The van der Waals surface area contributed by atoms with E-state index in [0.717, 1.165) is 23.6 Å². The van der Waals surface area contributed by atoms with Gasteiger partial charge in [0.05, 0.1) is 17.9 Å². The molecule has 8 heteroatoms. The number of benzene rings is 2. The summed E-state index contributed by atoms with van der Waals surface area (Å²) in [7, 11) is 0. The number of aliphatic hydroxyl groups excluding tert-OH is 1. The van der Waals surface area contributed by atoms with Gasteiger partial charge in [-0.25, -0.2) is 0 Å². The van der Waals surface area contributed by atoms with Gasteiger partial charge in [-0.15, -0.1) is 6.58 Å². The predicted molar refractivity (Wildman–Crippen MR) is 153 cm³/mol. The molecule has 3 fully saturated rings. The van der Waals surface area contributed by atoms with Crippen molar-refractivity contribution in [3.05, 3.63) is 67.8 Å². The van der Waals surface area contributed by atoms with Crippen molar-refractivity contribution in [1.29, 1.82) is 0 Å². The highest BCUT2D eigenvalue weighted by atomic mass is 16.6. The number of fused-ring (bicyclic) bond motifs is 2. The second-order valence-electron chi connectivity index (χ2n) is 10.9. The zero-order chi connectivity index (χ0) is 28.3. The van der Waals surface area contributed by atoms with Gasteiger partial charge < -0.3 is 24.4 Å². The van der Waals surface area contributed by atoms with Crippen molar-refractivity contribution in [3.8, 4) is 0 Å². The molecule has 1 N–H and O–H groups in total. The molecule has 3 saturated heterocycles. The summed E-state index contributed by atoms with van der Waals surface area (Å²) in [4.78, 5) is 45.1. The van der Waals surface area contributed by atoms with Gasteiger partial charge in [0.1, 0.15) is 18.2 Å². The van der Waals surface area contributed by atoms with Gasteiger partial charge >= 0.3 is 5.97 Å². The number of ether oxygens (including phenoxy) is 2. The molecular weight excluding hydrogens is 508 g/mol. The van der Waals surface area contributed by atoms with Gasteiger partial charge in [0.15, 0.2) is 0 Å². The number of carbonyl (C=O) groups is 3. The van der Waals surface area contributed by atoms with Crippen LogP contribution < -0.4 is 4.90 Å². The molecule has 40 heavy (non-hydrogen) atoms. The molecule has 5 rings (SSSR count). The Kier molecular flexibility index (Phi) is 8.38. The van der Waals surface area contributed by atoms with Gasteiger partial charge in [-0.05, 0) is 48.6 Å². The number of aliphatic hydroxyl groups is 1. The van der Waals surface area contributed by atoms with Crippen molar-refractivity contribution in [3.63, 3.8) is 0 Å². The topological polar surface area (TPSA) is 96.4 Å². The lowest BCUT2D eigenvalue weighted by molar-refractivity contribution is -0.154. The van der Waals surface area contributed by atoms with Crippen molar-refractivity contribution in [1.82, 2.24) is 4.90 Å². The molecule has 2 unspecified atom stereocenters. The Morgan fingerprint density at radius 3 is 2.62 bits per heavy atom. The number of hydrogen-bond donors (Lipinski definition) is 1. The summed E-state index contributed by atoms with van der Waals surface area (Å²) < 4.78 is 11.9. The SMILES string of the molecule is C=CCOC(=O)[C@@H]1[C@H]2C(=O)N(CCCCCCO)C(C(=O)N(CC=C)c3ccc4ccccc4c3)C23CC[C@H]1O3. The highest BCUT2D eigenvalue weighted by molar-refractivity contribution is 6.05. The largest absolute Gasteiger partial charge is 0.461 e. The number of amides is 2. The van der Waals surface area contributed by atoms with Crippen LogP contribution in [0, 0.1) is 11.8 Å². The average Bonchev–Trinajstić information content (AvgIpc) is 3.61. The van der Waals surface area contributed by atoms with E-state index < -0.39 is 35.6 Å².